The van der Waals surface area contributed by atoms with Crippen LogP contribution >= 0.6 is 0 Å². The van der Waals surface area contributed by atoms with Gasteiger partial charge in [-0.15, -0.1) is 0 Å². The standard InChI is InChI=1S/C9H20O4S.Na/c1-3-5-6-7-8-9(10,4-2)14(11,12)13;/h10H,3-8H2,1-2H3,(H,11,12,13);/q;+1/p-1. The van der Waals surface area contributed by atoms with Crippen LogP contribution in [-0.2, 0) is 10.1 Å². The van der Waals surface area contributed by atoms with E-state index in [0.29, 0.717) is 6.42 Å². The summed E-state index contributed by atoms with van der Waals surface area (Å²) in [5.41, 5.74) is 0. The zero-order valence-electron chi connectivity index (χ0n) is 9.82. The Morgan fingerprint density at radius 3 is 2.07 bits per heavy atom. The van der Waals surface area contributed by atoms with E-state index in [2.05, 4.69) is 0 Å². The average molecular weight is 246 g/mol. The molecule has 1 unspecified atom stereocenters. The third kappa shape index (κ3) is 6.24. The average Bonchev–Trinajstić information content (AvgIpc) is 2.10. The maximum Gasteiger partial charge on any atom is 1.00 e. The van der Waals surface area contributed by atoms with Gasteiger partial charge in [-0.05, 0) is 19.3 Å². The fraction of sp³-hybridized carbons (Fsp3) is 1.00. The van der Waals surface area contributed by atoms with Gasteiger partial charge in [0.25, 0.3) is 0 Å². The molecular formula is C9H19NaO4S. The van der Waals surface area contributed by atoms with Gasteiger partial charge in [0.05, 0.1) is 0 Å². The quantitative estimate of drug-likeness (QED) is 0.341. The monoisotopic (exact) mass is 246 g/mol. The Hall–Kier alpha value is 0.870. The van der Waals surface area contributed by atoms with E-state index < -0.39 is 15.1 Å². The van der Waals surface area contributed by atoms with Gasteiger partial charge in [-0.3, -0.25) is 0 Å². The molecular weight excluding hydrogens is 227 g/mol. The molecule has 0 heterocycles. The Bertz CT molecular complexity index is 253. The van der Waals surface area contributed by atoms with Crippen molar-refractivity contribution in [2.24, 2.45) is 0 Å². The van der Waals surface area contributed by atoms with E-state index in [4.69, 9.17) is 0 Å². The van der Waals surface area contributed by atoms with E-state index in [1.165, 1.54) is 6.92 Å². The molecule has 0 aromatic rings. The molecule has 1 N–H and O–H groups in total. The molecule has 0 spiro atoms. The normalized spacial score (nSPS) is 15.5. The topological polar surface area (TPSA) is 77.4 Å². The molecule has 1 atom stereocenters. The molecule has 6 heteroatoms. The van der Waals surface area contributed by atoms with Crippen LogP contribution in [0.25, 0.3) is 0 Å². The first kappa shape index (κ1) is 18.2. The molecule has 15 heavy (non-hydrogen) atoms. The molecule has 0 aromatic carbocycles. The number of hydrogen-bond donors (Lipinski definition) is 1. The molecule has 4 nitrogen and oxygen atoms in total. The molecule has 0 aliphatic carbocycles. The predicted molar refractivity (Wildman–Crippen MR) is 53.7 cm³/mol. The van der Waals surface area contributed by atoms with Gasteiger partial charge in [-0.2, -0.15) is 0 Å². The zero-order chi connectivity index (χ0) is 11.2. The minimum absolute atomic E-state index is 0. The first-order chi connectivity index (χ1) is 6.37. The summed E-state index contributed by atoms with van der Waals surface area (Å²) in [5, 5.41) is 9.56. The Morgan fingerprint density at radius 1 is 1.20 bits per heavy atom. The molecule has 0 amide bonds. The first-order valence-corrected chi connectivity index (χ1v) is 6.46. The van der Waals surface area contributed by atoms with Gasteiger partial charge in [0.15, 0.2) is 4.93 Å². The summed E-state index contributed by atoms with van der Waals surface area (Å²) in [4.78, 5) is -2.05. The van der Waals surface area contributed by atoms with E-state index in [1.807, 2.05) is 6.92 Å². The van der Waals surface area contributed by atoms with Crippen LogP contribution in [0.2, 0.25) is 0 Å². The van der Waals surface area contributed by atoms with Gasteiger partial charge in [-0.1, -0.05) is 33.1 Å². The van der Waals surface area contributed by atoms with Gasteiger partial charge in [-0.25, -0.2) is 8.42 Å². The molecule has 0 saturated heterocycles. The van der Waals surface area contributed by atoms with E-state index in [1.54, 1.807) is 0 Å². The van der Waals surface area contributed by atoms with Crippen molar-refractivity contribution in [1.82, 2.24) is 0 Å². The molecule has 0 saturated carbocycles. The summed E-state index contributed by atoms with van der Waals surface area (Å²) in [6.45, 7) is 3.55. The van der Waals surface area contributed by atoms with Crippen molar-refractivity contribution in [2.45, 2.75) is 57.3 Å². The molecule has 86 valence electrons. The van der Waals surface area contributed by atoms with Crippen LogP contribution < -0.4 is 29.6 Å². The Morgan fingerprint density at radius 2 is 1.73 bits per heavy atom. The Labute approximate surface area is 114 Å². The SMILES string of the molecule is CCCCCCC(O)(CC)S(=O)(=O)[O-].[Na+]. The third-order valence-corrected chi connectivity index (χ3v) is 3.86. The van der Waals surface area contributed by atoms with E-state index in [9.17, 15) is 18.1 Å². The van der Waals surface area contributed by atoms with Crippen LogP contribution in [-0.4, -0.2) is 23.0 Å². The first-order valence-electron chi connectivity index (χ1n) is 5.05. The van der Waals surface area contributed by atoms with Crippen molar-refractivity contribution >= 4 is 10.1 Å². The van der Waals surface area contributed by atoms with Crippen LogP contribution in [0.5, 0.6) is 0 Å². The minimum Gasteiger partial charge on any atom is -0.746 e. The summed E-state index contributed by atoms with van der Waals surface area (Å²) in [5.74, 6) is 0. The van der Waals surface area contributed by atoms with Gasteiger partial charge in [0, 0.05) is 0 Å². The minimum atomic E-state index is -4.60. The summed E-state index contributed by atoms with van der Waals surface area (Å²) in [7, 11) is -4.60. The molecule has 0 fully saturated rings. The van der Waals surface area contributed by atoms with Gasteiger partial charge >= 0.3 is 29.6 Å². The van der Waals surface area contributed by atoms with Gasteiger partial charge in [0.1, 0.15) is 10.1 Å². The van der Waals surface area contributed by atoms with E-state index in [0.717, 1.165) is 19.3 Å². The number of hydrogen-bond acceptors (Lipinski definition) is 4. The maximum atomic E-state index is 10.7. The zero-order valence-corrected chi connectivity index (χ0v) is 12.6. The summed E-state index contributed by atoms with van der Waals surface area (Å²) < 4.78 is 32.2. The molecule has 0 aromatic heterocycles. The fourth-order valence-corrected chi connectivity index (χ4v) is 2.05. The summed E-state index contributed by atoms with van der Waals surface area (Å²) in [6.07, 6.45) is 3.49. The second kappa shape index (κ2) is 8.03. The number of unbranched alkanes of at least 4 members (excludes halogenated alkanes) is 3. The van der Waals surface area contributed by atoms with Gasteiger partial charge < -0.3 is 9.66 Å². The van der Waals surface area contributed by atoms with E-state index in [-0.39, 0.29) is 42.4 Å². The van der Waals surface area contributed by atoms with Crippen LogP contribution in [0, 0.1) is 0 Å². The number of rotatable bonds is 7. The molecule has 0 radical (unpaired) electrons. The largest absolute Gasteiger partial charge is 1.00 e. The molecule has 0 rings (SSSR count). The van der Waals surface area contributed by atoms with Crippen molar-refractivity contribution in [3.8, 4) is 0 Å². The smallest absolute Gasteiger partial charge is 0.746 e. The van der Waals surface area contributed by atoms with Crippen LogP contribution in [0.3, 0.4) is 0 Å². The Kier molecular flexibility index (Phi) is 9.77. The van der Waals surface area contributed by atoms with Crippen molar-refractivity contribution in [2.75, 3.05) is 0 Å². The van der Waals surface area contributed by atoms with E-state index >= 15 is 0 Å². The molecule has 0 aliphatic heterocycles. The van der Waals surface area contributed by atoms with Crippen molar-refractivity contribution < 1.29 is 47.6 Å². The van der Waals surface area contributed by atoms with Crippen LogP contribution in [0.1, 0.15) is 52.4 Å². The second-order valence-electron chi connectivity index (χ2n) is 3.56. The molecule has 0 aliphatic rings. The predicted octanol–water partition coefficient (Wildman–Crippen LogP) is -1.40. The second-order valence-corrected chi connectivity index (χ2v) is 5.23. The van der Waals surface area contributed by atoms with Crippen molar-refractivity contribution in [3.63, 3.8) is 0 Å². The summed E-state index contributed by atoms with van der Waals surface area (Å²) >= 11 is 0. The van der Waals surface area contributed by atoms with Crippen molar-refractivity contribution in [1.29, 1.82) is 0 Å². The van der Waals surface area contributed by atoms with Crippen molar-refractivity contribution in [3.05, 3.63) is 0 Å². The van der Waals surface area contributed by atoms with Crippen LogP contribution in [0.15, 0.2) is 0 Å². The third-order valence-electron chi connectivity index (χ3n) is 2.44. The number of aliphatic hydroxyl groups is 1. The maximum absolute atomic E-state index is 10.7. The summed E-state index contributed by atoms with van der Waals surface area (Å²) in [6, 6.07) is 0. The Balaban J connectivity index is 0. The van der Waals surface area contributed by atoms with Crippen LogP contribution in [0.4, 0.5) is 0 Å². The molecule has 0 bridgehead atoms. The van der Waals surface area contributed by atoms with Gasteiger partial charge in [0.2, 0.25) is 0 Å². The fourth-order valence-electron chi connectivity index (χ4n) is 1.31.